The molecule has 1 fully saturated rings. The summed E-state index contributed by atoms with van der Waals surface area (Å²) in [6.45, 7) is 1.87. The van der Waals surface area contributed by atoms with Gasteiger partial charge in [0.05, 0.1) is 0 Å². The van der Waals surface area contributed by atoms with Gasteiger partial charge < -0.3 is 10.6 Å². The van der Waals surface area contributed by atoms with Crippen molar-refractivity contribution in [1.82, 2.24) is 4.90 Å². The van der Waals surface area contributed by atoms with Crippen LogP contribution in [0.5, 0.6) is 0 Å². The fourth-order valence-corrected chi connectivity index (χ4v) is 2.72. The molecule has 1 aromatic carbocycles. The third-order valence-corrected chi connectivity index (χ3v) is 3.96. The average Bonchev–Trinajstić information content (AvgIpc) is 2.78. The van der Waals surface area contributed by atoms with E-state index in [1.807, 2.05) is 12.1 Å². The van der Waals surface area contributed by atoms with E-state index in [2.05, 4.69) is 11.9 Å². The maximum absolute atomic E-state index is 12.8. The second-order valence-electron chi connectivity index (χ2n) is 5.68. The Hall–Kier alpha value is -0.930. The van der Waals surface area contributed by atoms with Gasteiger partial charge in [-0.2, -0.15) is 0 Å². The molecular formula is C15H23FN2. The zero-order valence-corrected chi connectivity index (χ0v) is 11.2. The third-order valence-electron chi connectivity index (χ3n) is 3.96. The van der Waals surface area contributed by atoms with Crippen LogP contribution in [-0.4, -0.2) is 24.0 Å². The number of hydrogen-bond acceptors (Lipinski definition) is 2. The van der Waals surface area contributed by atoms with Gasteiger partial charge in [-0.25, -0.2) is 4.39 Å². The van der Waals surface area contributed by atoms with Crippen molar-refractivity contribution < 1.29 is 4.39 Å². The van der Waals surface area contributed by atoms with Gasteiger partial charge in [-0.1, -0.05) is 25.0 Å². The first-order valence-corrected chi connectivity index (χ1v) is 6.79. The van der Waals surface area contributed by atoms with Crippen LogP contribution in [-0.2, 0) is 6.54 Å². The summed E-state index contributed by atoms with van der Waals surface area (Å²) in [6, 6.07) is 6.73. The fourth-order valence-electron chi connectivity index (χ4n) is 2.72. The summed E-state index contributed by atoms with van der Waals surface area (Å²) in [5.74, 6) is -0.173. The fraction of sp³-hybridized carbons (Fsp3) is 0.600. The van der Waals surface area contributed by atoms with E-state index >= 15 is 0 Å². The Morgan fingerprint density at radius 3 is 2.44 bits per heavy atom. The van der Waals surface area contributed by atoms with E-state index in [0.29, 0.717) is 0 Å². The zero-order valence-electron chi connectivity index (χ0n) is 11.2. The summed E-state index contributed by atoms with van der Waals surface area (Å²) in [4.78, 5) is 2.26. The topological polar surface area (TPSA) is 29.3 Å². The summed E-state index contributed by atoms with van der Waals surface area (Å²) < 4.78 is 12.8. The number of nitrogens with two attached hydrogens (primary N) is 1. The molecular weight excluding hydrogens is 227 g/mol. The number of hydrogen-bond donors (Lipinski definition) is 1. The first-order valence-electron chi connectivity index (χ1n) is 6.79. The second-order valence-corrected chi connectivity index (χ2v) is 5.68. The van der Waals surface area contributed by atoms with Crippen LogP contribution < -0.4 is 5.73 Å². The van der Waals surface area contributed by atoms with Crippen LogP contribution in [0.1, 0.15) is 37.7 Å². The highest BCUT2D eigenvalue weighted by atomic mass is 19.1. The number of benzene rings is 1. The summed E-state index contributed by atoms with van der Waals surface area (Å²) in [5.41, 5.74) is 7.56. The first kappa shape index (κ1) is 13.5. The van der Waals surface area contributed by atoms with Gasteiger partial charge in [0.1, 0.15) is 5.82 Å². The molecule has 0 amide bonds. The van der Waals surface area contributed by atoms with Crippen molar-refractivity contribution in [3.63, 3.8) is 0 Å². The van der Waals surface area contributed by atoms with Crippen LogP contribution in [0.25, 0.3) is 0 Å². The summed E-state index contributed by atoms with van der Waals surface area (Å²) in [7, 11) is 2.10. The molecule has 0 aliphatic heterocycles. The van der Waals surface area contributed by atoms with Crippen molar-refractivity contribution in [1.29, 1.82) is 0 Å². The minimum absolute atomic E-state index is 0.0665. The van der Waals surface area contributed by atoms with Gasteiger partial charge in [0, 0.05) is 12.1 Å². The molecule has 0 bridgehead atoms. The van der Waals surface area contributed by atoms with Crippen molar-refractivity contribution in [2.45, 2.75) is 44.2 Å². The molecule has 1 aliphatic carbocycles. The molecule has 0 aromatic heterocycles. The molecule has 0 unspecified atom stereocenters. The van der Waals surface area contributed by atoms with Crippen LogP contribution in [0.2, 0.25) is 0 Å². The molecule has 0 spiro atoms. The Balaban J connectivity index is 1.78. The molecule has 1 aliphatic rings. The van der Waals surface area contributed by atoms with Crippen LogP contribution in [0.4, 0.5) is 4.39 Å². The van der Waals surface area contributed by atoms with E-state index in [1.165, 1.54) is 25.0 Å². The van der Waals surface area contributed by atoms with E-state index in [1.54, 1.807) is 0 Å². The van der Waals surface area contributed by atoms with Crippen molar-refractivity contribution >= 4 is 0 Å². The maximum atomic E-state index is 12.8. The van der Waals surface area contributed by atoms with E-state index in [9.17, 15) is 4.39 Å². The molecule has 0 atom stereocenters. The highest BCUT2D eigenvalue weighted by molar-refractivity contribution is 5.15. The lowest BCUT2D eigenvalue weighted by Crippen LogP contribution is -2.39. The van der Waals surface area contributed by atoms with Gasteiger partial charge >= 0.3 is 0 Å². The lowest BCUT2D eigenvalue weighted by Gasteiger charge is -2.26. The molecule has 0 radical (unpaired) electrons. The summed E-state index contributed by atoms with van der Waals surface area (Å²) >= 11 is 0. The minimum Gasteiger partial charge on any atom is -0.325 e. The first-order chi connectivity index (χ1) is 8.57. The van der Waals surface area contributed by atoms with Gasteiger partial charge in [-0.05, 0) is 50.6 Å². The Morgan fingerprint density at radius 1 is 1.22 bits per heavy atom. The zero-order chi connectivity index (χ0) is 13.0. The van der Waals surface area contributed by atoms with E-state index in [-0.39, 0.29) is 11.4 Å². The largest absolute Gasteiger partial charge is 0.325 e. The van der Waals surface area contributed by atoms with Crippen molar-refractivity contribution in [3.8, 4) is 0 Å². The van der Waals surface area contributed by atoms with Gasteiger partial charge in [0.25, 0.3) is 0 Å². The summed E-state index contributed by atoms with van der Waals surface area (Å²) in [5, 5.41) is 0. The molecule has 0 heterocycles. The Morgan fingerprint density at radius 2 is 1.83 bits per heavy atom. The third kappa shape index (κ3) is 3.79. The predicted molar refractivity (Wildman–Crippen MR) is 72.7 cm³/mol. The van der Waals surface area contributed by atoms with E-state index < -0.39 is 0 Å². The van der Waals surface area contributed by atoms with E-state index in [4.69, 9.17) is 5.73 Å². The summed E-state index contributed by atoms with van der Waals surface area (Å²) in [6.07, 6.45) is 5.94. The molecule has 2 nitrogen and oxygen atoms in total. The molecule has 1 saturated carbocycles. The number of rotatable bonds is 5. The van der Waals surface area contributed by atoms with Crippen LogP contribution in [0.3, 0.4) is 0 Å². The average molecular weight is 250 g/mol. The van der Waals surface area contributed by atoms with Gasteiger partial charge in [0.15, 0.2) is 0 Å². The number of nitrogens with zero attached hydrogens (tertiary/aromatic N) is 1. The maximum Gasteiger partial charge on any atom is 0.123 e. The van der Waals surface area contributed by atoms with Crippen LogP contribution >= 0.6 is 0 Å². The van der Waals surface area contributed by atoms with Crippen molar-refractivity contribution in [2.24, 2.45) is 5.73 Å². The number of halogens is 1. The molecule has 2 rings (SSSR count). The smallest absolute Gasteiger partial charge is 0.123 e. The lowest BCUT2D eigenvalue weighted by molar-refractivity contribution is 0.273. The standard InChI is InChI=1S/C15H23FN2/c1-18(11-10-15(17)8-2-3-9-15)12-13-4-6-14(16)7-5-13/h4-7H,2-3,8-12,17H2,1H3. The molecule has 18 heavy (non-hydrogen) atoms. The monoisotopic (exact) mass is 250 g/mol. The second kappa shape index (κ2) is 5.81. The molecule has 100 valence electrons. The Bertz CT molecular complexity index is 369. The lowest BCUT2D eigenvalue weighted by atomic mass is 9.94. The Kier molecular flexibility index (Phi) is 4.36. The quantitative estimate of drug-likeness (QED) is 0.870. The highest BCUT2D eigenvalue weighted by Crippen LogP contribution is 2.30. The SMILES string of the molecule is CN(CCC1(N)CCCC1)Cc1ccc(F)cc1. The van der Waals surface area contributed by atoms with Crippen LogP contribution in [0, 0.1) is 5.82 Å². The van der Waals surface area contributed by atoms with Crippen molar-refractivity contribution in [3.05, 3.63) is 35.6 Å². The van der Waals surface area contributed by atoms with Gasteiger partial charge in [-0.3, -0.25) is 0 Å². The Labute approximate surface area is 109 Å². The highest BCUT2D eigenvalue weighted by Gasteiger charge is 2.28. The van der Waals surface area contributed by atoms with Crippen molar-refractivity contribution in [2.75, 3.05) is 13.6 Å². The van der Waals surface area contributed by atoms with Gasteiger partial charge in [0.2, 0.25) is 0 Å². The molecule has 3 heteroatoms. The van der Waals surface area contributed by atoms with Crippen LogP contribution in [0.15, 0.2) is 24.3 Å². The molecule has 2 N–H and O–H groups in total. The molecule has 1 aromatic rings. The van der Waals surface area contributed by atoms with Gasteiger partial charge in [-0.15, -0.1) is 0 Å². The predicted octanol–water partition coefficient (Wildman–Crippen LogP) is 2.92. The molecule has 0 saturated heterocycles. The normalized spacial score (nSPS) is 18.4. The minimum atomic E-state index is -0.173. The van der Waals surface area contributed by atoms with E-state index in [0.717, 1.165) is 37.9 Å².